The van der Waals surface area contributed by atoms with Gasteiger partial charge < -0.3 is 9.72 Å². The number of carbonyl (C=O) groups excluding carboxylic acids is 1. The Morgan fingerprint density at radius 2 is 2.00 bits per heavy atom. The number of hydrogen-bond donors (Lipinski definition) is 1. The number of ether oxygens (including phenoxy) is 1. The van der Waals surface area contributed by atoms with Crippen LogP contribution in [0, 0.1) is 26.7 Å². The van der Waals surface area contributed by atoms with Crippen molar-refractivity contribution in [1.82, 2.24) is 4.98 Å². The van der Waals surface area contributed by atoms with Gasteiger partial charge >= 0.3 is 0 Å². The van der Waals surface area contributed by atoms with Crippen LogP contribution < -0.4 is 0 Å². The van der Waals surface area contributed by atoms with Gasteiger partial charge in [0.05, 0.1) is 17.7 Å². The minimum atomic E-state index is 0.0242. The molecule has 1 aromatic heterocycles. The summed E-state index contributed by atoms with van der Waals surface area (Å²) in [4.78, 5) is 15.5. The third-order valence-electron chi connectivity index (χ3n) is 3.77. The molecule has 0 radical (unpaired) electrons. The van der Waals surface area contributed by atoms with E-state index in [4.69, 9.17) is 4.74 Å². The lowest BCUT2D eigenvalue weighted by Gasteiger charge is -2.12. The molecule has 0 saturated carbocycles. The number of aromatic amines is 1. The molecule has 1 aliphatic heterocycles. The number of Topliss-reactive ketones (excluding diaryl/α,β-unsaturated/α-hetero) is 1. The second-order valence-corrected chi connectivity index (χ2v) is 4.71. The predicted octanol–water partition coefficient (Wildman–Crippen LogP) is 2.55. The van der Waals surface area contributed by atoms with Crippen LogP contribution in [0.2, 0.25) is 0 Å². The summed E-state index contributed by atoms with van der Waals surface area (Å²) in [5, 5.41) is 0. The number of H-pyrrole nitrogens is 1. The van der Waals surface area contributed by atoms with E-state index in [1.165, 1.54) is 5.56 Å². The van der Waals surface area contributed by atoms with Crippen LogP contribution in [-0.2, 0) is 4.74 Å². The van der Waals surface area contributed by atoms with Crippen molar-refractivity contribution in [1.29, 1.82) is 0 Å². The van der Waals surface area contributed by atoms with Crippen LogP contribution in [0.25, 0.3) is 0 Å². The summed E-state index contributed by atoms with van der Waals surface area (Å²) in [5.41, 5.74) is 4.14. The van der Waals surface area contributed by atoms with E-state index in [1.54, 1.807) is 0 Å². The van der Waals surface area contributed by atoms with Crippen molar-refractivity contribution < 1.29 is 9.53 Å². The normalized spacial score (nSPS) is 25.0. The molecule has 1 fully saturated rings. The maximum absolute atomic E-state index is 12.3. The first-order valence-electron chi connectivity index (χ1n) is 5.84. The summed E-state index contributed by atoms with van der Waals surface area (Å²) in [6.45, 7) is 8.75. The standard InChI is InChI=1S/C13H19NO2/c1-7-8(2)12(14-9(7)3)13(15)11-5-6-16-10(11)4/h10-11,14H,5-6H2,1-4H3. The number of nitrogens with one attached hydrogen (secondary N) is 1. The lowest BCUT2D eigenvalue weighted by Crippen LogP contribution is -2.22. The zero-order valence-corrected chi connectivity index (χ0v) is 10.4. The summed E-state index contributed by atoms with van der Waals surface area (Å²) >= 11 is 0. The van der Waals surface area contributed by atoms with E-state index in [0.29, 0.717) is 6.61 Å². The van der Waals surface area contributed by atoms with Crippen LogP contribution in [0.15, 0.2) is 0 Å². The van der Waals surface area contributed by atoms with Crippen LogP contribution in [0.3, 0.4) is 0 Å². The van der Waals surface area contributed by atoms with E-state index in [9.17, 15) is 4.79 Å². The first kappa shape index (κ1) is 11.4. The fraction of sp³-hybridized carbons (Fsp3) is 0.615. The van der Waals surface area contributed by atoms with Gasteiger partial charge in [0.2, 0.25) is 0 Å². The molecule has 2 heterocycles. The maximum Gasteiger partial charge on any atom is 0.185 e. The Morgan fingerprint density at radius 3 is 2.44 bits per heavy atom. The van der Waals surface area contributed by atoms with E-state index >= 15 is 0 Å². The van der Waals surface area contributed by atoms with Gasteiger partial charge in [0.15, 0.2) is 5.78 Å². The van der Waals surface area contributed by atoms with Gasteiger partial charge in [-0.2, -0.15) is 0 Å². The van der Waals surface area contributed by atoms with Crippen LogP contribution >= 0.6 is 0 Å². The number of aromatic nitrogens is 1. The smallest absolute Gasteiger partial charge is 0.185 e. The Bertz CT molecular complexity index is 420. The quantitative estimate of drug-likeness (QED) is 0.780. The van der Waals surface area contributed by atoms with Crippen LogP contribution in [-0.4, -0.2) is 23.5 Å². The molecule has 1 aromatic rings. The lowest BCUT2D eigenvalue weighted by molar-refractivity contribution is 0.0760. The summed E-state index contributed by atoms with van der Waals surface area (Å²) in [6.07, 6.45) is 0.895. The Labute approximate surface area is 96.2 Å². The van der Waals surface area contributed by atoms with Crippen molar-refractivity contribution in [2.45, 2.75) is 40.2 Å². The number of hydrogen-bond acceptors (Lipinski definition) is 2. The number of ketones is 1. The third-order valence-corrected chi connectivity index (χ3v) is 3.77. The fourth-order valence-corrected chi connectivity index (χ4v) is 2.35. The Morgan fingerprint density at radius 1 is 1.31 bits per heavy atom. The fourth-order valence-electron chi connectivity index (χ4n) is 2.35. The van der Waals surface area contributed by atoms with Crippen molar-refractivity contribution in [3.63, 3.8) is 0 Å². The van der Waals surface area contributed by atoms with E-state index in [0.717, 1.165) is 23.4 Å². The predicted molar refractivity (Wildman–Crippen MR) is 62.9 cm³/mol. The molecule has 1 saturated heterocycles. The number of rotatable bonds is 2. The minimum Gasteiger partial charge on any atom is -0.378 e. The lowest BCUT2D eigenvalue weighted by atomic mass is 9.93. The molecule has 88 valence electrons. The first-order valence-corrected chi connectivity index (χ1v) is 5.84. The summed E-state index contributed by atoms with van der Waals surface area (Å²) < 4.78 is 5.45. The summed E-state index contributed by atoms with van der Waals surface area (Å²) in [7, 11) is 0. The van der Waals surface area contributed by atoms with Crippen molar-refractivity contribution in [2.24, 2.45) is 5.92 Å². The van der Waals surface area contributed by atoms with Gasteiger partial charge in [-0.25, -0.2) is 0 Å². The topological polar surface area (TPSA) is 42.1 Å². The average Bonchev–Trinajstić information content (AvgIpc) is 2.77. The van der Waals surface area contributed by atoms with E-state index < -0.39 is 0 Å². The highest BCUT2D eigenvalue weighted by Crippen LogP contribution is 2.27. The van der Waals surface area contributed by atoms with Gasteiger partial charge in [0.25, 0.3) is 0 Å². The van der Waals surface area contributed by atoms with E-state index in [1.807, 2.05) is 27.7 Å². The number of aryl methyl sites for hydroxylation is 1. The molecule has 16 heavy (non-hydrogen) atoms. The Balaban J connectivity index is 2.30. The summed E-state index contributed by atoms with van der Waals surface area (Å²) in [6, 6.07) is 0. The maximum atomic E-state index is 12.3. The van der Waals surface area contributed by atoms with Crippen LogP contribution in [0.5, 0.6) is 0 Å². The highest BCUT2D eigenvalue weighted by atomic mass is 16.5. The van der Waals surface area contributed by atoms with Gasteiger partial charge in [0, 0.05) is 12.3 Å². The van der Waals surface area contributed by atoms with Gasteiger partial charge in [0.1, 0.15) is 0 Å². The van der Waals surface area contributed by atoms with Crippen molar-refractivity contribution in [2.75, 3.05) is 6.61 Å². The average molecular weight is 221 g/mol. The van der Waals surface area contributed by atoms with E-state index in [-0.39, 0.29) is 17.8 Å². The molecule has 0 spiro atoms. The van der Waals surface area contributed by atoms with Crippen molar-refractivity contribution in [3.8, 4) is 0 Å². The SMILES string of the molecule is Cc1[nH]c(C(=O)C2CCOC2C)c(C)c1C. The molecule has 2 atom stereocenters. The second-order valence-electron chi connectivity index (χ2n) is 4.71. The first-order chi connectivity index (χ1) is 7.52. The molecule has 2 rings (SSSR count). The van der Waals surface area contributed by atoms with Crippen molar-refractivity contribution in [3.05, 3.63) is 22.5 Å². The van der Waals surface area contributed by atoms with Gasteiger partial charge in [-0.3, -0.25) is 4.79 Å². The van der Waals surface area contributed by atoms with Crippen LogP contribution in [0.1, 0.15) is 40.7 Å². The highest BCUT2D eigenvalue weighted by Gasteiger charge is 2.33. The van der Waals surface area contributed by atoms with Gasteiger partial charge in [-0.1, -0.05) is 0 Å². The Kier molecular flexibility index (Phi) is 2.89. The highest BCUT2D eigenvalue weighted by molar-refractivity contribution is 5.98. The zero-order chi connectivity index (χ0) is 11.9. The molecule has 3 nitrogen and oxygen atoms in total. The molecule has 3 heteroatoms. The molecular weight excluding hydrogens is 202 g/mol. The molecule has 0 bridgehead atoms. The monoisotopic (exact) mass is 221 g/mol. The summed E-state index contributed by atoms with van der Waals surface area (Å²) in [5.74, 6) is 0.231. The molecule has 2 unspecified atom stereocenters. The van der Waals surface area contributed by atoms with Gasteiger partial charge in [-0.15, -0.1) is 0 Å². The largest absolute Gasteiger partial charge is 0.378 e. The molecular formula is C13H19NO2. The third kappa shape index (κ3) is 1.69. The Hall–Kier alpha value is -1.09. The molecule has 1 aliphatic rings. The second kappa shape index (κ2) is 4.06. The molecule has 0 aromatic carbocycles. The molecule has 0 amide bonds. The minimum absolute atomic E-state index is 0.0242. The number of carbonyl (C=O) groups is 1. The van der Waals surface area contributed by atoms with E-state index in [2.05, 4.69) is 4.98 Å². The van der Waals surface area contributed by atoms with Crippen LogP contribution in [0.4, 0.5) is 0 Å². The molecule has 0 aliphatic carbocycles. The molecule has 1 N–H and O–H groups in total. The zero-order valence-electron chi connectivity index (χ0n) is 10.4. The van der Waals surface area contributed by atoms with Crippen molar-refractivity contribution >= 4 is 5.78 Å². The van der Waals surface area contributed by atoms with Gasteiger partial charge in [-0.05, 0) is 45.2 Å².